The van der Waals surface area contributed by atoms with Crippen molar-refractivity contribution in [3.05, 3.63) is 61.0 Å². The van der Waals surface area contributed by atoms with Crippen LogP contribution in [0.4, 0.5) is 5.69 Å². The molecule has 2 N–H and O–H groups in total. The topological polar surface area (TPSA) is 85.0 Å². The Labute approximate surface area is 173 Å². The number of rotatable bonds is 4. The predicted molar refractivity (Wildman–Crippen MR) is 113 cm³/mol. The van der Waals surface area contributed by atoms with Gasteiger partial charge < -0.3 is 15.1 Å². The number of anilines is 1. The lowest BCUT2D eigenvalue weighted by Gasteiger charge is -2.22. The highest BCUT2D eigenvalue weighted by atomic mass is 16.3. The lowest BCUT2D eigenvalue weighted by Crippen LogP contribution is -2.44. The summed E-state index contributed by atoms with van der Waals surface area (Å²) < 4.78 is 7.13. The van der Waals surface area contributed by atoms with Crippen LogP contribution in [0.3, 0.4) is 0 Å². The van der Waals surface area contributed by atoms with Gasteiger partial charge in [-0.15, -0.1) is 5.10 Å². The first-order valence-electron chi connectivity index (χ1n) is 10.3. The summed E-state index contributed by atoms with van der Waals surface area (Å²) in [6.07, 6.45) is 7.04. The van der Waals surface area contributed by atoms with Crippen molar-refractivity contribution in [3.8, 4) is 16.9 Å². The molecule has 3 heterocycles. The minimum absolute atomic E-state index is 0.0612. The van der Waals surface area contributed by atoms with Gasteiger partial charge in [0.15, 0.2) is 0 Å². The fraction of sp³-hybridized carbons (Fsp3) is 0.261. The number of carbonyl (C=O) groups is 1. The van der Waals surface area contributed by atoms with E-state index in [-0.39, 0.29) is 11.9 Å². The van der Waals surface area contributed by atoms with Gasteiger partial charge in [0.2, 0.25) is 5.91 Å². The maximum Gasteiger partial charge on any atom is 0.241 e. The van der Waals surface area contributed by atoms with Crippen molar-refractivity contribution in [2.45, 2.75) is 31.3 Å². The van der Waals surface area contributed by atoms with E-state index in [4.69, 9.17) is 4.42 Å². The molecule has 3 unspecified atom stereocenters. The normalized spacial score (nSPS) is 22.6. The molecule has 1 amide bonds. The Kier molecular flexibility index (Phi) is 3.95. The highest BCUT2D eigenvalue weighted by Crippen LogP contribution is 2.35. The Morgan fingerprint density at radius 2 is 2.03 bits per heavy atom. The van der Waals surface area contributed by atoms with Crippen LogP contribution in [0.2, 0.25) is 0 Å². The minimum Gasteiger partial charge on any atom is -0.464 e. The molecule has 4 aromatic rings. The van der Waals surface area contributed by atoms with Crippen LogP contribution in [0.25, 0.3) is 27.9 Å². The van der Waals surface area contributed by atoms with Crippen molar-refractivity contribution < 1.29 is 9.21 Å². The average molecular weight is 399 g/mol. The highest BCUT2D eigenvalue weighted by molar-refractivity contribution is 5.95. The Bertz CT molecular complexity index is 1230. The van der Waals surface area contributed by atoms with Crippen molar-refractivity contribution in [1.29, 1.82) is 0 Å². The van der Waals surface area contributed by atoms with Gasteiger partial charge in [-0.3, -0.25) is 4.79 Å². The van der Waals surface area contributed by atoms with E-state index in [0.717, 1.165) is 46.4 Å². The van der Waals surface area contributed by atoms with Crippen LogP contribution in [-0.2, 0) is 4.79 Å². The number of carbonyl (C=O) groups excluding carboxylic acids is 1. The fourth-order valence-corrected chi connectivity index (χ4v) is 4.72. The standard InChI is InChI=1S/C23H21N5O2/c29-23(22-16-1-3-18(12-16)24-22)25-17-4-6-19(7-5-17)28-13-20(26-27-28)14-2-8-21-15(11-14)9-10-30-21/h2,4-11,13,16,18,22,24H,1,3,12H2,(H,25,29). The number of furan rings is 1. The summed E-state index contributed by atoms with van der Waals surface area (Å²) in [4.78, 5) is 12.6. The fourth-order valence-electron chi connectivity index (χ4n) is 4.72. The summed E-state index contributed by atoms with van der Waals surface area (Å²) in [6, 6.07) is 16.0. The van der Waals surface area contributed by atoms with E-state index in [1.54, 1.807) is 10.9 Å². The van der Waals surface area contributed by atoms with Gasteiger partial charge in [0.05, 0.1) is 24.2 Å². The first-order chi connectivity index (χ1) is 14.7. The molecule has 1 aliphatic heterocycles. The summed E-state index contributed by atoms with van der Waals surface area (Å²) in [5, 5.41) is 16.1. The maximum absolute atomic E-state index is 12.6. The Morgan fingerprint density at radius 3 is 2.83 bits per heavy atom. The average Bonchev–Trinajstić information content (AvgIpc) is 3.57. The number of hydrogen-bond acceptors (Lipinski definition) is 5. The molecular weight excluding hydrogens is 378 g/mol. The van der Waals surface area contributed by atoms with Crippen LogP contribution in [0.15, 0.2) is 65.4 Å². The molecule has 1 aliphatic carbocycles. The molecule has 7 heteroatoms. The third-order valence-corrected chi connectivity index (χ3v) is 6.28. The number of amides is 1. The molecule has 2 aromatic carbocycles. The summed E-state index contributed by atoms with van der Waals surface area (Å²) in [5.41, 5.74) is 4.30. The summed E-state index contributed by atoms with van der Waals surface area (Å²) in [5.74, 6) is 0.539. The first kappa shape index (κ1) is 17.4. The maximum atomic E-state index is 12.6. The number of hydrogen-bond donors (Lipinski definition) is 2. The second-order valence-corrected chi connectivity index (χ2v) is 8.17. The number of benzene rings is 2. The van der Waals surface area contributed by atoms with Crippen molar-refractivity contribution in [1.82, 2.24) is 20.3 Å². The molecule has 30 heavy (non-hydrogen) atoms. The molecule has 0 radical (unpaired) electrons. The number of nitrogens with zero attached hydrogens (tertiary/aromatic N) is 3. The SMILES string of the molecule is O=C(Nc1ccc(-n2cc(-c3ccc4occc4c3)nn2)cc1)C1NC2CCC1C2. The molecule has 6 rings (SSSR count). The lowest BCUT2D eigenvalue weighted by molar-refractivity contribution is -0.119. The predicted octanol–water partition coefficient (Wildman–Crippen LogP) is 3.76. The van der Waals surface area contributed by atoms with E-state index in [0.29, 0.717) is 12.0 Å². The molecular formula is C23H21N5O2. The molecule has 1 saturated heterocycles. The van der Waals surface area contributed by atoms with Gasteiger partial charge in [0.25, 0.3) is 0 Å². The quantitative estimate of drug-likeness (QED) is 0.546. The van der Waals surface area contributed by atoms with Gasteiger partial charge in [-0.05, 0) is 73.7 Å². The summed E-state index contributed by atoms with van der Waals surface area (Å²) in [7, 11) is 0. The van der Waals surface area contributed by atoms with Crippen LogP contribution in [-0.4, -0.2) is 33.0 Å². The van der Waals surface area contributed by atoms with Crippen LogP contribution in [0.5, 0.6) is 0 Å². The van der Waals surface area contributed by atoms with Crippen molar-refractivity contribution in [3.63, 3.8) is 0 Å². The third-order valence-electron chi connectivity index (χ3n) is 6.28. The second kappa shape index (κ2) is 6.81. The largest absolute Gasteiger partial charge is 0.464 e. The zero-order valence-electron chi connectivity index (χ0n) is 16.3. The van der Waals surface area contributed by atoms with Gasteiger partial charge in [-0.25, -0.2) is 4.68 Å². The van der Waals surface area contributed by atoms with Crippen LogP contribution in [0, 0.1) is 5.92 Å². The van der Waals surface area contributed by atoms with E-state index < -0.39 is 0 Å². The molecule has 0 spiro atoms. The van der Waals surface area contributed by atoms with E-state index in [9.17, 15) is 4.79 Å². The monoisotopic (exact) mass is 399 g/mol. The van der Waals surface area contributed by atoms with Crippen LogP contribution in [0.1, 0.15) is 19.3 Å². The summed E-state index contributed by atoms with van der Waals surface area (Å²) >= 11 is 0. The molecule has 2 aliphatic rings. The second-order valence-electron chi connectivity index (χ2n) is 8.17. The van der Waals surface area contributed by atoms with E-state index >= 15 is 0 Å². The van der Waals surface area contributed by atoms with Gasteiger partial charge in [0, 0.05) is 22.7 Å². The zero-order valence-corrected chi connectivity index (χ0v) is 16.3. The molecule has 3 atom stereocenters. The minimum atomic E-state index is -0.0612. The Morgan fingerprint density at radius 1 is 1.13 bits per heavy atom. The third kappa shape index (κ3) is 2.98. The van der Waals surface area contributed by atoms with E-state index in [1.807, 2.05) is 54.7 Å². The molecule has 2 bridgehead atoms. The van der Waals surface area contributed by atoms with Gasteiger partial charge in [0.1, 0.15) is 11.3 Å². The molecule has 150 valence electrons. The van der Waals surface area contributed by atoms with Crippen molar-refractivity contribution >= 4 is 22.6 Å². The number of piperidine rings is 1. The van der Waals surface area contributed by atoms with Crippen LogP contribution < -0.4 is 10.6 Å². The number of fused-ring (bicyclic) bond motifs is 3. The van der Waals surface area contributed by atoms with Crippen molar-refractivity contribution in [2.24, 2.45) is 5.92 Å². The number of nitrogens with one attached hydrogen (secondary N) is 2. The van der Waals surface area contributed by atoms with Crippen molar-refractivity contribution in [2.75, 3.05) is 5.32 Å². The zero-order chi connectivity index (χ0) is 20.1. The van der Waals surface area contributed by atoms with Gasteiger partial charge in [-0.2, -0.15) is 0 Å². The molecule has 2 aromatic heterocycles. The smallest absolute Gasteiger partial charge is 0.241 e. The highest BCUT2D eigenvalue weighted by Gasteiger charge is 2.42. The van der Waals surface area contributed by atoms with E-state index in [2.05, 4.69) is 20.9 Å². The molecule has 2 fully saturated rings. The summed E-state index contributed by atoms with van der Waals surface area (Å²) in [6.45, 7) is 0. The Hall–Kier alpha value is -3.45. The van der Waals surface area contributed by atoms with E-state index in [1.165, 1.54) is 6.42 Å². The van der Waals surface area contributed by atoms with Gasteiger partial charge in [-0.1, -0.05) is 5.21 Å². The lowest BCUT2D eigenvalue weighted by atomic mass is 9.99. The molecule has 1 saturated carbocycles. The van der Waals surface area contributed by atoms with Gasteiger partial charge >= 0.3 is 0 Å². The molecule has 7 nitrogen and oxygen atoms in total. The Balaban J connectivity index is 1.17. The first-order valence-corrected chi connectivity index (χ1v) is 10.3. The van der Waals surface area contributed by atoms with Crippen LogP contribution >= 0.6 is 0 Å². The number of aromatic nitrogens is 3.